The van der Waals surface area contributed by atoms with Crippen LogP contribution in [0.25, 0.3) is 0 Å². The summed E-state index contributed by atoms with van der Waals surface area (Å²) >= 11 is 0. The molecule has 1 unspecified atom stereocenters. The van der Waals surface area contributed by atoms with E-state index in [2.05, 4.69) is 0 Å². The van der Waals surface area contributed by atoms with Gasteiger partial charge in [0.1, 0.15) is 5.75 Å². The maximum atomic E-state index is 12.6. The van der Waals surface area contributed by atoms with Crippen molar-refractivity contribution in [1.82, 2.24) is 0 Å². The zero-order valence-electron chi connectivity index (χ0n) is 12.4. The van der Waals surface area contributed by atoms with Crippen molar-refractivity contribution in [2.75, 3.05) is 11.4 Å². The molecule has 0 saturated carbocycles. The van der Waals surface area contributed by atoms with Crippen molar-refractivity contribution in [3.05, 3.63) is 24.3 Å². The highest BCUT2D eigenvalue weighted by Gasteiger charge is 2.38. The first-order chi connectivity index (χ1) is 9.71. The quantitative estimate of drug-likeness (QED) is 0.855. The third-order valence-electron chi connectivity index (χ3n) is 3.51. The molecule has 1 aliphatic rings. The summed E-state index contributed by atoms with van der Waals surface area (Å²) in [6, 6.07) is 6.15. The summed E-state index contributed by atoms with van der Waals surface area (Å²) in [6.45, 7) is 5.57. The minimum absolute atomic E-state index is 0.0467. The molecular formula is C15H20N2O4. The average molecular weight is 292 g/mol. The van der Waals surface area contributed by atoms with Crippen molar-refractivity contribution in [1.29, 1.82) is 0 Å². The van der Waals surface area contributed by atoms with Crippen LogP contribution in [0.1, 0.15) is 20.8 Å². The zero-order chi connectivity index (χ0) is 15.8. The van der Waals surface area contributed by atoms with E-state index in [1.165, 1.54) is 4.90 Å². The van der Waals surface area contributed by atoms with E-state index >= 15 is 0 Å². The molecule has 2 atom stereocenters. The number of anilines is 1. The Kier molecular flexibility index (Phi) is 3.91. The van der Waals surface area contributed by atoms with Crippen LogP contribution in [0.4, 0.5) is 5.69 Å². The Balaban J connectivity index is 2.38. The highest BCUT2D eigenvalue weighted by atomic mass is 16.5. The third kappa shape index (κ3) is 3.00. The molecule has 1 aromatic carbocycles. The van der Waals surface area contributed by atoms with Gasteiger partial charge in [-0.15, -0.1) is 0 Å². The predicted octanol–water partition coefficient (Wildman–Crippen LogP) is 1.24. The average Bonchev–Trinajstić information content (AvgIpc) is 2.43. The van der Waals surface area contributed by atoms with E-state index in [-0.39, 0.29) is 12.5 Å². The van der Waals surface area contributed by atoms with Gasteiger partial charge >= 0.3 is 5.97 Å². The first-order valence-corrected chi connectivity index (χ1v) is 6.77. The summed E-state index contributed by atoms with van der Waals surface area (Å²) < 4.78 is 5.40. The molecule has 114 valence electrons. The number of aliphatic carboxylic acids is 1. The van der Waals surface area contributed by atoms with Gasteiger partial charge in [-0.2, -0.15) is 0 Å². The third-order valence-corrected chi connectivity index (χ3v) is 3.51. The number of ether oxygens (including phenoxy) is 1. The van der Waals surface area contributed by atoms with Crippen LogP contribution in [0.2, 0.25) is 0 Å². The van der Waals surface area contributed by atoms with Gasteiger partial charge in [0.2, 0.25) is 12.0 Å². The molecule has 0 aromatic heterocycles. The predicted molar refractivity (Wildman–Crippen MR) is 78.3 cm³/mol. The maximum Gasteiger partial charge on any atom is 0.346 e. The van der Waals surface area contributed by atoms with Crippen LogP contribution in [0.15, 0.2) is 24.3 Å². The minimum atomic E-state index is -1.10. The van der Waals surface area contributed by atoms with Crippen molar-refractivity contribution in [2.24, 2.45) is 11.1 Å². The van der Waals surface area contributed by atoms with E-state index in [9.17, 15) is 9.59 Å². The summed E-state index contributed by atoms with van der Waals surface area (Å²) in [5.74, 6) is -1.03. The summed E-state index contributed by atoms with van der Waals surface area (Å²) in [7, 11) is 0. The second kappa shape index (κ2) is 5.37. The molecule has 3 N–H and O–H groups in total. The maximum absolute atomic E-state index is 12.6. The Morgan fingerprint density at radius 2 is 2.00 bits per heavy atom. The standard InChI is InChI=1S/C15H20N2O4/c1-15(2,3)12(16)13(18)17-8-11(14(19)20)21-10-7-5-4-6-9(10)17/h4-7,11-12H,8,16H2,1-3H3,(H,19,20)/t11?,12-/m1/s1. The molecule has 6 nitrogen and oxygen atoms in total. The Labute approximate surface area is 123 Å². The molecule has 1 aliphatic heterocycles. The first kappa shape index (κ1) is 15.3. The molecular weight excluding hydrogens is 272 g/mol. The molecule has 0 saturated heterocycles. The molecule has 0 fully saturated rings. The first-order valence-electron chi connectivity index (χ1n) is 6.77. The fraction of sp³-hybridized carbons (Fsp3) is 0.467. The molecule has 1 aromatic rings. The number of amides is 1. The molecule has 6 heteroatoms. The van der Waals surface area contributed by atoms with E-state index < -0.39 is 23.5 Å². The van der Waals surface area contributed by atoms with Gasteiger partial charge in [0.15, 0.2) is 0 Å². The monoisotopic (exact) mass is 292 g/mol. The van der Waals surface area contributed by atoms with Gasteiger partial charge in [0.05, 0.1) is 18.3 Å². The van der Waals surface area contributed by atoms with E-state index in [1.807, 2.05) is 20.8 Å². The fourth-order valence-corrected chi connectivity index (χ4v) is 2.11. The van der Waals surface area contributed by atoms with E-state index in [1.54, 1.807) is 24.3 Å². The summed E-state index contributed by atoms with van der Waals surface area (Å²) in [4.78, 5) is 25.2. The number of carboxylic acid groups (broad SMARTS) is 1. The highest BCUT2D eigenvalue weighted by Crippen LogP contribution is 2.34. The van der Waals surface area contributed by atoms with Gasteiger partial charge in [-0.3, -0.25) is 4.79 Å². The molecule has 1 heterocycles. The lowest BCUT2D eigenvalue weighted by Crippen LogP contribution is -2.55. The number of para-hydroxylation sites is 2. The molecule has 21 heavy (non-hydrogen) atoms. The number of fused-ring (bicyclic) bond motifs is 1. The van der Waals surface area contributed by atoms with Gasteiger partial charge in [0, 0.05) is 0 Å². The van der Waals surface area contributed by atoms with Gasteiger partial charge in [-0.1, -0.05) is 32.9 Å². The number of carbonyl (C=O) groups excluding carboxylic acids is 1. The van der Waals surface area contributed by atoms with Gasteiger partial charge in [0.25, 0.3) is 0 Å². The zero-order valence-corrected chi connectivity index (χ0v) is 12.4. The SMILES string of the molecule is CC(C)(C)[C@H](N)C(=O)N1CC(C(=O)O)Oc2ccccc21. The van der Waals surface area contributed by atoms with Crippen LogP contribution < -0.4 is 15.4 Å². The van der Waals surface area contributed by atoms with Crippen LogP contribution >= 0.6 is 0 Å². The summed E-state index contributed by atoms with van der Waals surface area (Å²) in [6.07, 6.45) is -1.09. The largest absolute Gasteiger partial charge is 0.478 e. The molecule has 1 amide bonds. The van der Waals surface area contributed by atoms with E-state index in [4.69, 9.17) is 15.6 Å². The molecule has 0 bridgehead atoms. The summed E-state index contributed by atoms with van der Waals surface area (Å²) in [5, 5.41) is 9.17. The van der Waals surface area contributed by atoms with Crippen LogP contribution in [-0.2, 0) is 9.59 Å². The lowest BCUT2D eigenvalue weighted by atomic mass is 9.86. The number of carboxylic acids is 1. The highest BCUT2D eigenvalue weighted by molar-refractivity contribution is 6.00. The molecule has 0 spiro atoms. The minimum Gasteiger partial charge on any atom is -0.478 e. The number of hydrogen-bond acceptors (Lipinski definition) is 4. The van der Waals surface area contributed by atoms with Crippen molar-refractivity contribution >= 4 is 17.6 Å². The van der Waals surface area contributed by atoms with Crippen LogP contribution in [0, 0.1) is 5.41 Å². The molecule has 2 rings (SSSR count). The van der Waals surface area contributed by atoms with Gasteiger partial charge in [-0.05, 0) is 17.5 Å². The second-order valence-electron chi connectivity index (χ2n) is 6.20. The number of nitrogens with two attached hydrogens (primary N) is 1. The van der Waals surface area contributed by atoms with Crippen LogP contribution in [0.3, 0.4) is 0 Å². The number of hydrogen-bond donors (Lipinski definition) is 2. The number of rotatable bonds is 2. The normalized spacial score (nSPS) is 19.4. The molecule has 0 aliphatic carbocycles. The van der Waals surface area contributed by atoms with Crippen LogP contribution in [-0.4, -0.2) is 35.7 Å². The second-order valence-corrected chi connectivity index (χ2v) is 6.20. The van der Waals surface area contributed by atoms with Crippen molar-refractivity contribution in [2.45, 2.75) is 32.9 Å². The number of benzene rings is 1. The lowest BCUT2D eigenvalue weighted by Gasteiger charge is -2.37. The Morgan fingerprint density at radius 1 is 1.38 bits per heavy atom. The Morgan fingerprint density at radius 3 is 2.57 bits per heavy atom. The topological polar surface area (TPSA) is 92.9 Å². The van der Waals surface area contributed by atoms with Crippen molar-refractivity contribution in [3.8, 4) is 5.75 Å². The lowest BCUT2D eigenvalue weighted by molar-refractivity contribution is -0.145. The van der Waals surface area contributed by atoms with Gasteiger partial charge in [-0.25, -0.2) is 4.79 Å². The van der Waals surface area contributed by atoms with Crippen LogP contribution in [0.5, 0.6) is 5.75 Å². The van der Waals surface area contributed by atoms with Crippen molar-refractivity contribution < 1.29 is 19.4 Å². The fourth-order valence-electron chi connectivity index (χ4n) is 2.11. The molecule has 0 radical (unpaired) electrons. The smallest absolute Gasteiger partial charge is 0.346 e. The van der Waals surface area contributed by atoms with Gasteiger partial charge < -0.3 is 20.5 Å². The number of carbonyl (C=O) groups is 2. The number of nitrogens with zero attached hydrogens (tertiary/aromatic N) is 1. The van der Waals surface area contributed by atoms with E-state index in [0.717, 1.165) is 0 Å². The van der Waals surface area contributed by atoms with E-state index in [0.29, 0.717) is 11.4 Å². The van der Waals surface area contributed by atoms with Crippen molar-refractivity contribution in [3.63, 3.8) is 0 Å². The summed E-state index contributed by atoms with van der Waals surface area (Å²) in [5.41, 5.74) is 6.17. The Hall–Kier alpha value is -2.08. The Bertz CT molecular complexity index is 565.